The van der Waals surface area contributed by atoms with Crippen molar-refractivity contribution in [3.05, 3.63) is 136 Å². The lowest BCUT2D eigenvalue weighted by Gasteiger charge is -2.28. The molecule has 0 aliphatic carbocycles. The van der Waals surface area contributed by atoms with E-state index < -0.39 is 200 Å². The Kier molecular flexibility index (Phi) is 30.6. The topological polar surface area (TPSA) is 662 Å². The summed E-state index contributed by atoms with van der Waals surface area (Å²) >= 11 is 0. The molecule has 2 bridgehead atoms. The number of aliphatic carboxylic acids is 2. The minimum atomic E-state index is -1.89. The summed E-state index contributed by atoms with van der Waals surface area (Å²) in [5.41, 5.74) is 7.00. The molecular formula is C69H87N25O19. The second-order valence-electron chi connectivity index (χ2n) is 26.4. The third-order valence-electron chi connectivity index (χ3n) is 17.5. The Balaban J connectivity index is 1.00. The van der Waals surface area contributed by atoms with Crippen LogP contribution in [0.25, 0.3) is 11.2 Å². The van der Waals surface area contributed by atoms with Crippen LogP contribution in [0.15, 0.2) is 96.8 Å². The normalized spacial score (nSPS) is 19.7. The van der Waals surface area contributed by atoms with Crippen LogP contribution in [-0.4, -0.2) is 244 Å². The maximum atomic E-state index is 14.8. The second-order valence-corrected chi connectivity index (χ2v) is 26.4. The van der Waals surface area contributed by atoms with Gasteiger partial charge in [0, 0.05) is 79.9 Å². The van der Waals surface area contributed by atoms with Gasteiger partial charge in [0.1, 0.15) is 66.5 Å². The third kappa shape index (κ3) is 25.7. The quantitative estimate of drug-likeness (QED) is 0.0228. The minimum absolute atomic E-state index is 0.0170. The molecule has 44 heteroatoms. The Morgan fingerprint density at radius 1 is 0.673 bits per heavy atom. The van der Waals surface area contributed by atoms with Crippen LogP contribution in [0.1, 0.15) is 98.5 Å². The van der Waals surface area contributed by atoms with Gasteiger partial charge in [0.25, 0.3) is 11.5 Å². The molecule has 44 nitrogen and oxygen atoms in total. The number of nitrogens with zero attached hydrogens (tertiary/aromatic N) is 8. The number of carboxylic acids is 2. The van der Waals surface area contributed by atoms with Gasteiger partial charge in [-0.15, -0.1) is 5.10 Å². The predicted molar refractivity (Wildman–Crippen MR) is 392 cm³/mol. The molecule has 602 valence electrons. The number of carbonyl (C=O) groups is 14. The molecule has 0 saturated carbocycles. The lowest BCUT2D eigenvalue weighted by atomic mass is 10.0. The fourth-order valence-electron chi connectivity index (χ4n) is 11.2. The monoisotopic (exact) mass is 1570 g/mol. The molecule has 1 aliphatic rings. The molecule has 0 saturated heterocycles. The van der Waals surface area contributed by atoms with Crippen LogP contribution in [0.2, 0.25) is 0 Å². The highest BCUT2D eigenvalue weighted by molar-refractivity contribution is 6.00. The number of carboxylic acid groups (broad SMARTS) is 2. The molecule has 2 aromatic carbocycles. The summed E-state index contributed by atoms with van der Waals surface area (Å²) in [6.07, 6.45) is 3.78. The van der Waals surface area contributed by atoms with Gasteiger partial charge in [-0.05, 0) is 83.2 Å². The molecule has 1 aliphatic heterocycles. The van der Waals surface area contributed by atoms with Gasteiger partial charge < -0.3 is 105 Å². The van der Waals surface area contributed by atoms with Crippen molar-refractivity contribution in [1.82, 2.24) is 119 Å². The lowest BCUT2D eigenvalue weighted by Crippen LogP contribution is -2.62. The van der Waals surface area contributed by atoms with Crippen molar-refractivity contribution in [1.29, 1.82) is 0 Å². The Labute approximate surface area is 641 Å². The van der Waals surface area contributed by atoms with E-state index in [1.54, 1.807) is 30.3 Å². The molecule has 22 N–H and O–H groups in total. The van der Waals surface area contributed by atoms with Crippen LogP contribution < -0.4 is 80.4 Å². The molecule has 0 radical (unpaired) electrons. The van der Waals surface area contributed by atoms with Gasteiger partial charge in [0.05, 0.1) is 56.0 Å². The second kappa shape index (κ2) is 40.7. The fraction of sp³-hybridized carbons (Fsp3) is 0.420. The van der Waals surface area contributed by atoms with Crippen LogP contribution in [-0.2, 0) is 101 Å². The molecule has 8 rings (SSSR count). The van der Waals surface area contributed by atoms with Crippen molar-refractivity contribution >= 4 is 106 Å². The number of aliphatic hydroxyl groups is 2. The maximum Gasteiger partial charge on any atom is 0.326 e. The number of aryl methyl sites for hydroxylation is 1. The van der Waals surface area contributed by atoms with E-state index >= 15 is 0 Å². The average molecular weight is 1570 g/mol. The number of nitrogen functional groups attached to an aromatic ring is 1. The zero-order valence-corrected chi connectivity index (χ0v) is 61.3. The zero-order valence-electron chi connectivity index (χ0n) is 61.3. The summed E-state index contributed by atoms with van der Waals surface area (Å²) in [7, 11) is 0. The maximum absolute atomic E-state index is 14.8. The number of nitrogens with two attached hydrogens (primary N) is 1. The van der Waals surface area contributed by atoms with Gasteiger partial charge in [-0.2, -0.15) is 4.98 Å². The first-order valence-electron chi connectivity index (χ1n) is 35.5. The largest absolute Gasteiger partial charge is 0.480 e. The van der Waals surface area contributed by atoms with Crippen molar-refractivity contribution < 1.29 is 87.5 Å². The summed E-state index contributed by atoms with van der Waals surface area (Å²) in [6.45, 7) is 3.08. The summed E-state index contributed by atoms with van der Waals surface area (Å²) in [4.78, 5) is 232. The van der Waals surface area contributed by atoms with E-state index in [0.29, 0.717) is 16.9 Å². The first-order chi connectivity index (χ1) is 53.9. The Morgan fingerprint density at radius 3 is 1.96 bits per heavy atom. The number of nitrogens with one attached hydrogen (secondary N) is 16. The first kappa shape index (κ1) is 84.9. The van der Waals surface area contributed by atoms with E-state index in [9.17, 15) is 92.3 Å². The summed E-state index contributed by atoms with van der Waals surface area (Å²) < 4.78 is 1.33. The van der Waals surface area contributed by atoms with E-state index in [2.05, 4.69) is 119 Å². The molecule has 0 fully saturated rings. The number of hydrogen-bond acceptors (Lipinski definition) is 26. The fourth-order valence-corrected chi connectivity index (χ4v) is 11.2. The Bertz CT molecular complexity index is 4600. The zero-order chi connectivity index (χ0) is 82.0. The standard InChI is InChI=1S/C69H87N25O19/c1-33(56(99)75-28-52(98)83-46(20-37-10-6-5-7-11-37)60(103)80-35(3)67(110)111)78-59(102)44-12-8-9-19-94-29-42(92-93-94)23-47(82-51(97)18-17-45(68(112)113)85-58(101)38-13-15-39(16-14-38)73-26-43-27-74-55-54(81-43)66(109)91-69(70)90-55)61(104)86-48(21-40-24-71-31-76-40)62(105)88-50(30-95)64(107)87-49(22-41-25-72-32-77-41)63(106)89-53(36(4)96)65(108)79-34(2)57(100)84-44/h5-7,10-11,13-16,24-25,27,29,31-36,44-50,53,73,95-96H,8-9,12,17-23,26,28,30H2,1-4H3,(H,71,76)(H,72,77)(H,75,99)(H,78,102)(H,79,108)(H,80,103)(H,82,97)(H,83,98)(H,84,100)(H,85,101)(H,86,104)(H,87,107)(H,88,105)(H,89,106)(H,110,111)(H,112,113)(H3,70,74,90,91,109)/t33-,34+,35-,36-,44-,45-,46-,47-,48+,49+,50+,53+/m0/s1. The molecule has 113 heavy (non-hydrogen) atoms. The van der Waals surface area contributed by atoms with Crippen LogP contribution in [0.5, 0.6) is 0 Å². The van der Waals surface area contributed by atoms with Crippen molar-refractivity contribution in [2.24, 2.45) is 0 Å². The van der Waals surface area contributed by atoms with Gasteiger partial charge in [0.2, 0.25) is 70.9 Å². The van der Waals surface area contributed by atoms with Gasteiger partial charge >= 0.3 is 11.9 Å². The number of aromatic nitrogens is 11. The van der Waals surface area contributed by atoms with Crippen molar-refractivity contribution in [3.63, 3.8) is 0 Å². The number of benzene rings is 2. The smallest absolute Gasteiger partial charge is 0.326 e. The third-order valence-corrected chi connectivity index (χ3v) is 17.5. The van der Waals surface area contributed by atoms with Gasteiger partial charge in [-0.25, -0.2) is 24.7 Å². The number of fused-ring (bicyclic) bond motifs is 3. The van der Waals surface area contributed by atoms with E-state index in [0.717, 1.165) is 6.92 Å². The number of aliphatic hydroxyl groups excluding tert-OH is 2. The average Bonchev–Trinajstić information content (AvgIpc) is 1.71. The van der Waals surface area contributed by atoms with Crippen molar-refractivity contribution in [2.45, 2.75) is 171 Å². The first-order valence-corrected chi connectivity index (χ1v) is 35.5. The highest BCUT2D eigenvalue weighted by atomic mass is 16.4. The SMILES string of the molecule is C[C@H](NC(=O)[C@H](Cc1ccccc1)NC(=O)CNC(=O)[C@H](C)NC(=O)[C@@H]1CCCCn2cc(nn2)C[C@H](NC(=O)CC[C@H](NC(=O)c2ccc(NCc3cnc4nc(N)[nH]c(=O)c4n3)cc2)C(=O)O)C(=O)N[C@H](Cc2cnc[nH]2)C(=O)N[C@H](CO)C(=O)N[C@H](Cc2cnc[nH]2)C(=O)N[C@H]([C@H](C)O)C(=O)N[C@H](C)C(=O)N1)C(=O)O. The van der Waals surface area contributed by atoms with Gasteiger partial charge in [0.15, 0.2) is 11.2 Å². The molecule has 7 aromatic rings. The Morgan fingerprint density at radius 2 is 1.33 bits per heavy atom. The van der Waals surface area contributed by atoms with E-state index in [4.69, 9.17) is 5.73 Å². The summed E-state index contributed by atoms with van der Waals surface area (Å²) in [5, 5.41) is 81.9. The van der Waals surface area contributed by atoms with E-state index in [1.165, 1.54) is 87.2 Å². The minimum Gasteiger partial charge on any atom is -0.480 e. The van der Waals surface area contributed by atoms with Gasteiger partial charge in [-0.1, -0.05) is 35.5 Å². The molecular weight excluding hydrogens is 1480 g/mol. The molecule has 0 spiro atoms. The lowest BCUT2D eigenvalue weighted by molar-refractivity contribution is -0.141. The number of hydrogen-bond donors (Lipinski definition) is 21. The summed E-state index contributed by atoms with van der Waals surface area (Å²) in [6, 6.07) is -3.28. The molecule has 12 atom stereocenters. The molecule has 6 heterocycles. The Hall–Kier alpha value is -13.7. The number of carbonyl (C=O) groups excluding carboxylic acids is 12. The van der Waals surface area contributed by atoms with Gasteiger partial charge in [-0.3, -0.25) is 76.8 Å². The summed E-state index contributed by atoms with van der Waals surface area (Å²) in [5.74, 6) is -15.0. The number of aromatic amines is 3. The molecule has 5 aromatic heterocycles. The van der Waals surface area contributed by atoms with Crippen LogP contribution in [0, 0.1) is 0 Å². The number of anilines is 2. The number of H-pyrrole nitrogens is 3. The van der Waals surface area contributed by atoms with Crippen LogP contribution in [0.4, 0.5) is 11.6 Å². The van der Waals surface area contributed by atoms with Crippen LogP contribution in [0.3, 0.4) is 0 Å². The highest BCUT2D eigenvalue weighted by Crippen LogP contribution is 2.16. The van der Waals surface area contributed by atoms with Crippen LogP contribution >= 0.6 is 0 Å². The molecule has 0 unspecified atom stereocenters. The molecule has 12 amide bonds. The number of amides is 12. The van der Waals surface area contributed by atoms with E-state index in [1.807, 2.05) is 0 Å². The number of imidazole rings is 2. The van der Waals surface area contributed by atoms with Crippen molar-refractivity contribution in [3.8, 4) is 0 Å². The number of rotatable bonds is 27. The highest BCUT2D eigenvalue weighted by Gasteiger charge is 2.37. The predicted octanol–water partition coefficient (Wildman–Crippen LogP) is -6.46. The van der Waals surface area contributed by atoms with E-state index in [-0.39, 0.29) is 85.0 Å². The van der Waals surface area contributed by atoms with Crippen molar-refractivity contribution in [2.75, 3.05) is 24.2 Å².